The van der Waals surface area contributed by atoms with Crippen molar-refractivity contribution in [2.24, 2.45) is 0 Å². The second-order valence-electron chi connectivity index (χ2n) is 3.12. The third-order valence-corrected chi connectivity index (χ3v) is 1.98. The maximum atomic E-state index is 11.1. The first kappa shape index (κ1) is 11.5. The van der Waals surface area contributed by atoms with Gasteiger partial charge in [0.15, 0.2) is 0 Å². The number of carbonyl (C=O) groups is 1. The summed E-state index contributed by atoms with van der Waals surface area (Å²) in [6.07, 6.45) is 3.96. The van der Waals surface area contributed by atoms with E-state index in [1.165, 1.54) is 6.08 Å². The summed E-state index contributed by atoms with van der Waals surface area (Å²) in [4.78, 5) is 18.5. The Bertz CT molecular complexity index is 367. The monoisotopic (exact) mass is 208 g/mol. The van der Waals surface area contributed by atoms with Crippen molar-refractivity contribution in [3.63, 3.8) is 0 Å². The quantitative estimate of drug-likeness (QED) is 0.607. The molecular formula is C11H16N2O2. The topological polar surface area (TPSA) is 55.0 Å². The third-order valence-electron chi connectivity index (χ3n) is 1.98. The van der Waals surface area contributed by atoms with Crippen LogP contribution in [-0.4, -0.2) is 22.5 Å². The minimum Gasteiger partial charge on any atom is -0.463 e. The van der Waals surface area contributed by atoms with Crippen LogP contribution in [0.1, 0.15) is 31.1 Å². The van der Waals surface area contributed by atoms with Gasteiger partial charge in [-0.1, -0.05) is 6.92 Å². The predicted octanol–water partition coefficient (Wildman–Crippen LogP) is 1.86. The van der Waals surface area contributed by atoms with E-state index in [2.05, 4.69) is 9.97 Å². The van der Waals surface area contributed by atoms with Crippen LogP contribution in [0, 0.1) is 6.92 Å². The van der Waals surface area contributed by atoms with E-state index in [1.54, 1.807) is 13.0 Å². The molecule has 4 nitrogen and oxygen atoms in total. The lowest BCUT2D eigenvalue weighted by molar-refractivity contribution is -0.137. The number of aryl methyl sites for hydroxylation is 2. The SMILES string of the molecule is CCOC(=O)C=Cc1[nH]c(CC)nc1C. The summed E-state index contributed by atoms with van der Waals surface area (Å²) in [6.45, 7) is 6.10. The Morgan fingerprint density at radius 3 is 2.80 bits per heavy atom. The van der Waals surface area contributed by atoms with Crippen molar-refractivity contribution in [3.05, 3.63) is 23.3 Å². The number of nitrogens with zero attached hydrogens (tertiary/aromatic N) is 1. The molecule has 4 heteroatoms. The first-order chi connectivity index (χ1) is 7.17. The Hall–Kier alpha value is -1.58. The van der Waals surface area contributed by atoms with Gasteiger partial charge in [0, 0.05) is 12.5 Å². The Labute approximate surface area is 89.4 Å². The van der Waals surface area contributed by atoms with Gasteiger partial charge in [-0.2, -0.15) is 0 Å². The number of carbonyl (C=O) groups excluding carboxylic acids is 1. The van der Waals surface area contributed by atoms with Crippen molar-refractivity contribution >= 4 is 12.0 Å². The molecule has 0 aliphatic heterocycles. The number of imidazole rings is 1. The first-order valence-corrected chi connectivity index (χ1v) is 5.07. The van der Waals surface area contributed by atoms with Crippen LogP contribution in [0.4, 0.5) is 0 Å². The van der Waals surface area contributed by atoms with Crippen molar-refractivity contribution in [3.8, 4) is 0 Å². The lowest BCUT2D eigenvalue weighted by Crippen LogP contribution is -1.98. The Morgan fingerprint density at radius 1 is 1.53 bits per heavy atom. The highest BCUT2D eigenvalue weighted by molar-refractivity contribution is 5.86. The molecule has 15 heavy (non-hydrogen) atoms. The second kappa shape index (κ2) is 5.34. The van der Waals surface area contributed by atoms with Crippen LogP contribution in [0.3, 0.4) is 0 Å². The summed E-state index contributed by atoms with van der Waals surface area (Å²) in [7, 11) is 0. The summed E-state index contributed by atoms with van der Waals surface area (Å²) < 4.78 is 4.78. The number of nitrogens with one attached hydrogen (secondary N) is 1. The molecule has 0 unspecified atom stereocenters. The standard InChI is InChI=1S/C11H16N2O2/c1-4-10-12-8(3)9(13-10)6-7-11(14)15-5-2/h6-7H,4-5H2,1-3H3,(H,12,13). The van der Waals surface area contributed by atoms with Crippen LogP contribution >= 0.6 is 0 Å². The smallest absolute Gasteiger partial charge is 0.330 e. The van der Waals surface area contributed by atoms with Crippen molar-refractivity contribution in [1.29, 1.82) is 0 Å². The maximum absolute atomic E-state index is 11.1. The van der Waals surface area contributed by atoms with Gasteiger partial charge in [0.1, 0.15) is 5.82 Å². The van der Waals surface area contributed by atoms with E-state index in [-0.39, 0.29) is 5.97 Å². The van der Waals surface area contributed by atoms with Crippen LogP contribution in [0.15, 0.2) is 6.08 Å². The van der Waals surface area contributed by atoms with Crippen LogP contribution in [-0.2, 0) is 16.0 Å². The van der Waals surface area contributed by atoms with Crippen LogP contribution in [0.25, 0.3) is 6.08 Å². The molecule has 0 saturated carbocycles. The number of aromatic amines is 1. The molecule has 1 N–H and O–H groups in total. The molecule has 1 aromatic heterocycles. The molecule has 1 rings (SSSR count). The molecule has 0 aliphatic rings. The lowest BCUT2D eigenvalue weighted by Gasteiger charge is -1.94. The average molecular weight is 208 g/mol. The molecule has 0 atom stereocenters. The highest BCUT2D eigenvalue weighted by Gasteiger charge is 2.02. The number of esters is 1. The van der Waals surface area contributed by atoms with Gasteiger partial charge in [0.25, 0.3) is 0 Å². The highest BCUT2D eigenvalue weighted by Crippen LogP contribution is 2.07. The van der Waals surface area contributed by atoms with Crippen molar-refractivity contribution in [2.75, 3.05) is 6.61 Å². The summed E-state index contributed by atoms with van der Waals surface area (Å²) in [6, 6.07) is 0. The fraction of sp³-hybridized carbons (Fsp3) is 0.455. The van der Waals surface area contributed by atoms with Crippen LogP contribution < -0.4 is 0 Å². The Balaban J connectivity index is 2.71. The maximum Gasteiger partial charge on any atom is 0.330 e. The van der Waals surface area contributed by atoms with E-state index in [4.69, 9.17) is 4.74 Å². The zero-order valence-corrected chi connectivity index (χ0v) is 9.33. The summed E-state index contributed by atoms with van der Waals surface area (Å²) in [5, 5.41) is 0. The Morgan fingerprint density at radius 2 is 2.27 bits per heavy atom. The van der Waals surface area contributed by atoms with E-state index >= 15 is 0 Å². The van der Waals surface area contributed by atoms with E-state index in [9.17, 15) is 4.79 Å². The highest BCUT2D eigenvalue weighted by atomic mass is 16.5. The summed E-state index contributed by atoms with van der Waals surface area (Å²) in [5.74, 6) is 0.598. The first-order valence-electron chi connectivity index (χ1n) is 5.07. The summed E-state index contributed by atoms with van der Waals surface area (Å²) in [5.41, 5.74) is 1.76. The molecule has 0 bridgehead atoms. The van der Waals surface area contributed by atoms with Gasteiger partial charge >= 0.3 is 5.97 Å². The van der Waals surface area contributed by atoms with Gasteiger partial charge in [-0.3, -0.25) is 0 Å². The lowest BCUT2D eigenvalue weighted by atomic mass is 10.3. The fourth-order valence-corrected chi connectivity index (χ4v) is 1.21. The van der Waals surface area contributed by atoms with Gasteiger partial charge in [-0.05, 0) is 19.9 Å². The number of H-pyrrole nitrogens is 1. The molecule has 0 fully saturated rings. The van der Waals surface area contributed by atoms with Gasteiger partial charge in [0.05, 0.1) is 18.0 Å². The normalized spacial score (nSPS) is 10.9. The molecule has 0 aliphatic carbocycles. The number of ether oxygens (including phenoxy) is 1. The van der Waals surface area contributed by atoms with Crippen molar-refractivity contribution < 1.29 is 9.53 Å². The fourth-order valence-electron chi connectivity index (χ4n) is 1.21. The van der Waals surface area contributed by atoms with Gasteiger partial charge in [-0.25, -0.2) is 9.78 Å². The third kappa shape index (κ3) is 3.23. The van der Waals surface area contributed by atoms with Gasteiger partial charge in [-0.15, -0.1) is 0 Å². The largest absolute Gasteiger partial charge is 0.463 e. The van der Waals surface area contributed by atoms with Crippen LogP contribution in [0.2, 0.25) is 0 Å². The zero-order chi connectivity index (χ0) is 11.3. The Kier molecular flexibility index (Phi) is 4.09. The summed E-state index contributed by atoms with van der Waals surface area (Å²) >= 11 is 0. The van der Waals surface area contributed by atoms with E-state index < -0.39 is 0 Å². The van der Waals surface area contributed by atoms with Crippen molar-refractivity contribution in [2.45, 2.75) is 27.2 Å². The number of hydrogen-bond donors (Lipinski definition) is 1. The minimum atomic E-state index is -0.329. The molecule has 0 radical (unpaired) electrons. The molecule has 0 amide bonds. The number of aromatic nitrogens is 2. The molecular weight excluding hydrogens is 192 g/mol. The molecule has 1 heterocycles. The molecule has 0 saturated heterocycles. The van der Waals surface area contributed by atoms with E-state index in [0.29, 0.717) is 6.61 Å². The van der Waals surface area contributed by atoms with Gasteiger partial charge < -0.3 is 9.72 Å². The van der Waals surface area contributed by atoms with Gasteiger partial charge in [0.2, 0.25) is 0 Å². The number of rotatable bonds is 4. The van der Waals surface area contributed by atoms with E-state index in [1.807, 2.05) is 13.8 Å². The van der Waals surface area contributed by atoms with Crippen molar-refractivity contribution in [1.82, 2.24) is 9.97 Å². The zero-order valence-electron chi connectivity index (χ0n) is 9.33. The van der Waals surface area contributed by atoms with E-state index in [0.717, 1.165) is 23.6 Å². The minimum absolute atomic E-state index is 0.329. The molecule has 0 spiro atoms. The molecule has 1 aromatic rings. The molecule has 82 valence electrons. The predicted molar refractivity (Wildman–Crippen MR) is 58.4 cm³/mol. The number of hydrogen-bond acceptors (Lipinski definition) is 3. The van der Waals surface area contributed by atoms with Crippen LogP contribution in [0.5, 0.6) is 0 Å². The molecule has 0 aromatic carbocycles. The average Bonchev–Trinajstić information content (AvgIpc) is 2.57. The second-order valence-corrected chi connectivity index (χ2v) is 3.12.